The second-order valence-corrected chi connectivity index (χ2v) is 16.6. The van der Waals surface area contributed by atoms with Crippen LogP contribution < -0.4 is 14.8 Å². The van der Waals surface area contributed by atoms with Gasteiger partial charge < -0.3 is 29.2 Å². The van der Waals surface area contributed by atoms with Gasteiger partial charge in [-0.3, -0.25) is 9.59 Å². The summed E-state index contributed by atoms with van der Waals surface area (Å²) in [5.41, 5.74) is 0.424. The quantitative estimate of drug-likeness (QED) is 0.229. The van der Waals surface area contributed by atoms with E-state index in [9.17, 15) is 14.4 Å². The number of rotatable bonds is 13. The Hall–Kier alpha value is -3.41. The molecule has 10 nitrogen and oxygen atoms in total. The molecule has 210 valence electrons. The first-order chi connectivity index (χ1) is 18.6. The highest BCUT2D eigenvalue weighted by atomic mass is 28.3. The molecule has 0 saturated carbocycles. The van der Waals surface area contributed by atoms with Crippen molar-refractivity contribution in [1.29, 1.82) is 0 Å². The Morgan fingerprint density at radius 2 is 1.67 bits per heavy atom. The van der Waals surface area contributed by atoms with Crippen molar-refractivity contribution in [2.45, 2.75) is 37.8 Å². The summed E-state index contributed by atoms with van der Waals surface area (Å²) in [5.74, 6) is 0.491. The van der Waals surface area contributed by atoms with Crippen molar-refractivity contribution in [3.8, 4) is 11.5 Å². The van der Waals surface area contributed by atoms with Gasteiger partial charge in [-0.1, -0.05) is 37.8 Å². The molecule has 2 aromatic rings. The molecule has 39 heavy (non-hydrogen) atoms. The molecule has 1 atom stereocenters. The Morgan fingerprint density at radius 1 is 0.949 bits per heavy atom. The second-order valence-electron chi connectivity index (χ2n) is 11.0. The number of hydrogen-bond donors (Lipinski definition) is 1. The summed E-state index contributed by atoms with van der Waals surface area (Å²) in [5, 5.41) is 2.90. The lowest BCUT2D eigenvalue weighted by atomic mass is 9.89. The van der Waals surface area contributed by atoms with E-state index in [1.54, 1.807) is 55.5 Å². The predicted molar refractivity (Wildman–Crippen MR) is 148 cm³/mol. The summed E-state index contributed by atoms with van der Waals surface area (Å²) in [4.78, 5) is 43.1. The number of carbonyl (C=O) groups is 3. The molecule has 2 aliphatic rings. The largest absolute Gasteiger partial charge is 0.497 e. The highest BCUT2D eigenvalue weighted by Crippen LogP contribution is 2.35. The van der Waals surface area contributed by atoms with E-state index in [-0.39, 0.29) is 19.2 Å². The lowest BCUT2D eigenvalue weighted by Crippen LogP contribution is -2.53. The number of amides is 4. The van der Waals surface area contributed by atoms with Crippen LogP contribution in [0.5, 0.6) is 11.5 Å². The van der Waals surface area contributed by atoms with Crippen LogP contribution >= 0.6 is 0 Å². The molecule has 0 aromatic heterocycles. The van der Waals surface area contributed by atoms with Crippen LogP contribution in [0.4, 0.5) is 4.79 Å². The molecule has 0 bridgehead atoms. The SMILES string of the molecule is COCCOc1ccc([C@]2(CN3Cc4ccc(OC)cc4C3=O)NC(=O)N(COCC[Si](C)(C)C)C2=O)cc1. The normalized spacial score (nSPS) is 18.9. The summed E-state index contributed by atoms with van der Waals surface area (Å²) in [7, 11) is 1.80. The van der Waals surface area contributed by atoms with Crippen molar-refractivity contribution in [2.24, 2.45) is 0 Å². The summed E-state index contributed by atoms with van der Waals surface area (Å²) in [6, 6.07) is 12.7. The van der Waals surface area contributed by atoms with Gasteiger partial charge in [0.25, 0.3) is 11.8 Å². The predicted octanol–water partition coefficient (Wildman–Crippen LogP) is 3.44. The fourth-order valence-corrected chi connectivity index (χ4v) is 5.39. The number of fused-ring (bicyclic) bond motifs is 1. The minimum atomic E-state index is -1.48. The molecule has 0 aliphatic carbocycles. The monoisotopic (exact) mass is 555 g/mol. The minimum absolute atomic E-state index is 0.0390. The average molecular weight is 556 g/mol. The van der Waals surface area contributed by atoms with Crippen molar-refractivity contribution in [3.63, 3.8) is 0 Å². The molecule has 1 saturated heterocycles. The lowest BCUT2D eigenvalue weighted by Gasteiger charge is -2.32. The van der Waals surface area contributed by atoms with Gasteiger partial charge in [0.2, 0.25) is 0 Å². The van der Waals surface area contributed by atoms with Crippen LogP contribution in [0.15, 0.2) is 42.5 Å². The average Bonchev–Trinajstić information content (AvgIpc) is 3.34. The van der Waals surface area contributed by atoms with Gasteiger partial charge in [-0.2, -0.15) is 0 Å². The first kappa shape index (κ1) is 28.6. The van der Waals surface area contributed by atoms with E-state index in [0.29, 0.717) is 49.0 Å². The maximum Gasteiger partial charge on any atom is 0.327 e. The molecule has 0 unspecified atom stereocenters. The van der Waals surface area contributed by atoms with Crippen molar-refractivity contribution in [2.75, 3.05) is 47.3 Å². The molecular weight excluding hydrogens is 518 g/mol. The van der Waals surface area contributed by atoms with E-state index < -0.39 is 25.6 Å². The molecule has 4 rings (SSSR count). The zero-order chi connectivity index (χ0) is 28.2. The van der Waals surface area contributed by atoms with Crippen LogP contribution in [0.3, 0.4) is 0 Å². The Morgan fingerprint density at radius 3 is 2.33 bits per heavy atom. The maximum atomic E-state index is 14.0. The summed E-state index contributed by atoms with van der Waals surface area (Å²) < 4.78 is 21.7. The van der Waals surface area contributed by atoms with Crippen LogP contribution in [0, 0.1) is 0 Å². The van der Waals surface area contributed by atoms with E-state index in [0.717, 1.165) is 16.5 Å². The van der Waals surface area contributed by atoms with Gasteiger partial charge in [0.15, 0.2) is 5.54 Å². The van der Waals surface area contributed by atoms with Crippen LogP contribution in [0.2, 0.25) is 25.7 Å². The lowest BCUT2D eigenvalue weighted by molar-refractivity contribution is -0.135. The number of carbonyl (C=O) groups excluding carboxylic acids is 3. The Balaban J connectivity index is 1.60. The molecule has 1 N–H and O–H groups in total. The van der Waals surface area contributed by atoms with Gasteiger partial charge in [-0.15, -0.1) is 0 Å². The van der Waals surface area contributed by atoms with Gasteiger partial charge >= 0.3 is 6.03 Å². The van der Waals surface area contributed by atoms with Crippen LogP contribution in [-0.2, 0) is 26.4 Å². The number of urea groups is 1. The van der Waals surface area contributed by atoms with Crippen molar-refractivity contribution < 1.29 is 33.3 Å². The highest BCUT2D eigenvalue weighted by molar-refractivity contribution is 6.76. The fourth-order valence-electron chi connectivity index (χ4n) is 4.63. The van der Waals surface area contributed by atoms with Gasteiger partial charge in [-0.05, 0) is 41.4 Å². The third-order valence-electron chi connectivity index (χ3n) is 6.92. The molecule has 2 aromatic carbocycles. The first-order valence-corrected chi connectivity index (χ1v) is 16.7. The third kappa shape index (κ3) is 6.26. The van der Waals surface area contributed by atoms with Crippen LogP contribution in [-0.4, -0.2) is 83.0 Å². The van der Waals surface area contributed by atoms with Gasteiger partial charge in [0.05, 0.1) is 20.3 Å². The standard InChI is InChI=1S/C28H37N3O7Si/c1-35-12-13-38-22-10-7-21(8-11-22)28(18-30-17-20-6-9-23(36-2)16-24(20)25(30)32)26(33)31(27(34)29-28)19-37-14-15-39(3,4)5/h6-11,16H,12-15,17-19H2,1-5H3,(H,29,34)/t28-/m0/s1. The molecule has 0 radical (unpaired) electrons. The van der Waals surface area contributed by atoms with E-state index in [1.165, 1.54) is 0 Å². The van der Waals surface area contributed by atoms with Crippen molar-refractivity contribution in [3.05, 3.63) is 59.2 Å². The number of hydrogen-bond acceptors (Lipinski definition) is 7. The molecular formula is C28H37N3O7Si. The Kier molecular flexibility index (Phi) is 8.63. The molecule has 2 aliphatic heterocycles. The summed E-state index contributed by atoms with van der Waals surface area (Å²) in [6.07, 6.45) is 0. The van der Waals surface area contributed by atoms with E-state index in [4.69, 9.17) is 18.9 Å². The fraction of sp³-hybridized carbons (Fsp3) is 0.464. The number of imide groups is 1. The number of benzene rings is 2. The number of ether oxygens (including phenoxy) is 4. The zero-order valence-electron chi connectivity index (χ0n) is 23.2. The Bertz CT molecular complexity index is 1210. The molecule has 0 spiro atoms. The van der Waals surface area contributed by atoms with Gasteiger partial charge in [0.1, 0.15) is 24.8 Å². The van der Waals surface area contributed by atoms with E-state index >= 15 is 0 Å². The molecule has 4 amide bonds. The number of nitrogens with zero attached hydrogens (tertiary/aromatic N) is 2. The Labute approximate surface area is 230 Å². The van der Waals surface area contributed by atoms with E-state index in [2.05, 4.69) is 25.0 Å². The first-order valence-electron chi connectivity index (χ1n) is 13.0. The smallest absolute Gasteiger partial charge is 0.327 e. The minimum Gasteiger partial charge on any atom is -0.497 e. The molecule has 2 heterocycles. The highest BCUT2D eigenvalue weighted by Gasteiger charge is 2.54. The zero-order valence-corrected chi connectivity index (χ0v) is 24.2. The van der Waals surface area contributed by atoms with Gasteiger partial charge in [0, 0.05) is 33.9 Å². The third-order valence-corrected chi connectivity index (χ3v) is 8.62. The van der Waals surface area contributed by atoms with E-state index in [1.807, 2.05) is 6.07 Å². The number of nitrogens with one attached hydrogen (secondary N) is 1. The topological polar surface area (TPSA) is 107 Å². The second kappa shape index (κ2) is 11.8. The van der Waals surface area contributed by atoms with Crippen molar-refractivity contribution in [1.82, 2.24) is 15.1 Å². The van der Waals surface area contributed by atoms with Crippen molar-refractivity contribution >= 4 is 25.9 Å². The van der Waals surface area contributed by atoms with Gasteiger partial charge in [-0.25, -0.2) is 9.69 Å². The molecule has 1 fully saturated rings. The number of methoxy groups -OCH3 is 2. The van der Waals surface area contributed by atoms with Crippen LogP contribution in [0.1, 0.15) is 21.5 Å². The maximum absolute atomic E-state index is 14.0. The summed E-state index contributed by atoms with van der Waals surface area (Å²) in [6.45, 7) is 8.11. The summed E-state index contributed by atoms with van der Waals surface area (Å²) >= 11 is 0. The molecule has 11 heteroatoms. The van der Waals surface area contributed by atoms with Crippen LogP contribution in [0.25, 0.3) is 0 Å².